The van der Waals surface area contributed by atoms with Crippen molar-refractivity contribution in [2.24, 2.45) is 5.73 Å². The molecule has 2 aromatic rings. The number of benzene rings is 1. The second-order valence-electron chi connectivity index (χ2n) is 3.57. The van der Waals surface area contributed by atoms with Crippen LogP contribution >= 0.6 is 15.9 Å². The van der Waals surface area contributed by atoms with E-state index in [4.69, 9.17) is 5.73 Å². The van der Waals surface area contributed by atoms with Crippen molar-refractivity contribution in [2.45, 2.75) is 12.5 Å². The summed E-state index contributed by atoms with van der Waals surface area (Å²) in [5, 5.41) is 0. The summed E-state index contributed by atoms with van der Waals surface area (Å²) in [4.78, 5) is 8.21. The Hall–Kier alpha value is -1.26. The topological polar surface area (TPSA) is 51.8 Å². The molecule has 1 heterocycles. The summed E-state index contributed by atoms with van der Waals surface area (Å²) in [5.41, 5.74) is 8.07. The van der Waals surface area contributed by atoms with Gasteiger partial charge in [-0.1, -0.05) is 28.1 Å². The van der Waals surface area contributed by atoms with Crippen LogP contribution in [0.4, 0.5) is 0 Å². The average Bonchev–Trinajstić information content (AvgIpc) is 2.33. The van der Waals surface area contributed by atoms with Crippen molar-refractivity contribution in [3.63, 3.8) is 0 Å². The van der Waals surface area contributed by atoms with E-state index < -0.39 is 0 Å². The number of nitrogens with zero attached hydrogens (tertiary/aromatic N) is 2. The molecule has 82 valence electrons. The van der Waals surface area contributed by atoms with Crippen LogP contribution in [0.1, 0.15) is 17.3 Å². The lowest BCUT2D eigenvalue weighted by molar-refractivity contribution is 0.691. The Labute approximate surface area is 103 Å². The van der Waals surface area contributed by atoms with Crippen LogP contribution in [0.2, 0.25) is 0 Å². The van der Waals surface area contributed by atoms with Crippen molar-refractivity contribution in [2.75, 3.05) is 0 Å². The molecule has 1 aromatic carbocycles. The van der Waals surface area contributed by atoms with Gasteiger partial charge in [0.1, 0.15) is 0 Å². The van der Waals surface area contributed by atoms with Crippen LogP contribution in [0, 0.1) is 0 Å². The summed E-state index contributed by atoms with van der Waals surface area (Å²) in [5.74, 6) is 0. The first-order chi connectivity index (χ1) is 7.75. The Kier molecular flexibility index (Phi) is 3.64. The number of hydrogen-bond acceptors (Lipinski definition) is 3. The Morgan fingerprint density at radius 1 is 1.19 bits per heavy atom. The highest BCUT2D eigenvalue weighted by atomic mass is 79.9. The largest absolute Gasteiger partial charge is 0.322 e. The minimum atomic E-state index is -0.102. The van der Waals surface area contributed by atoms with Crippen molar-refractivity contribution in [3.8, 4) is 0 Å². The van der Waals surface area contributed by atoms with E-state index in [9.17, 15) is 0 Å². The van der Waals surface area contributed by atoms with Crippen LogP contribution in [-0.2, 0) is 6.42 Å². The molecule has 0 saturated carbocycles. The molecule has 0 amide bonds. The summed E-state index contributed by atoms with van der Waals surface area (Å²) in [6, 6.07) is 8.04. The third kappa shape index (κ3) is 2.87. The van der Waals surface area contributed by atoms with Gasteiger partial charge in [-0.2, -0.15) is 0 Å². The third-order valence-electron chi connectivity index (χ3n) is 2.33. The third-order valence-corrected chi connectivity index (χ3v) is 2.86. The Bertz CT molecular complexity index is 442. The predicted molar refractivity (Wildman–Crippen MR) is 66.8 cm³/mol. The standard InChI is InChI=1S/C12H12BrN3/c13-10-3-1-9(2-4-10)7-11(14)12-8-15-5-6-16-12/h1-6,8,11H,7,14H2. The molecule has 1 unspecified atom stereocenters. The fourth-order valence-electron chi connectivity index (χ4n) is 1.48. The van der Waals surface area contributed by atoms with E-state index in [0.29, 0.717) is 0 Å². The van der Waals surface area contributed by atoms with Crippen molar-refractivity contribution in [3.05, 3.63) is 58.6 Å². The average molecular weight is 278 g/mol. The molecule has 2 N–H and O–H groups in total. The van der Waals surface area contributed by atoms with E-state index in [1.54, 1.807) is 18.6 Å². The van der Waals surface area contributed by atoms with Gasteiger partial charge in [0.2, 0.25) is 0 Å². The van der Waals surface area contributed by atoms with Gasteiger partial charge in [-0.15, -0.1) is 0 Å². The summed E-state index contributed by atoms with van der Waals surface area (Å²) in [6.07, 6.45) is 5.79. The first-order valence-electron chi connectivity index (χ1n) is 5.01. The number of rotatable bonds is 3. The molecular formula is C12H12BrN3. The molecule has 0 aliphatic heterocycles. The maximum absolute atomic E-state index is 6.05. The molecule has 0 radical (unpaired) electrons. The van der Waals surface area contributed by atoms with E-state index in [2.05, 4.69) is 38.0 Å². The summed E-state index contributed by atoms with van der Waals surface area (Å²) < 4.78 is 1.07. The predicted octanol–water partition coefficient (Wildman–Crippen LogP) is 2.48. The highest BCUT2D eigenvalue weighted by Gasteiger charge is 2.08. The summed E-state index contributed by atoms with van der Waals surface area (Å²) in [7, 11) is 0. The second kappa shape index (κ2) is 5.18. The second-order valence-corrected chi connectivity index (χ2v) is 4.48. The van der Waals surface area contributed by atoms with Gasteiger partial charge in [0.05, 0.1) is 11.7 Å². The van der Waals surface area contributed by atoms with Gasteiger partial charge in [-0.3, -0.25) is 9.97 Å². The van der Waals surface area contributed by atoms with Crippen LogP contribution in [0.15, 0.2) is 47.3 Å². The van der Waals surface area contributed by atoms with Crippen LogP contribution in [0.25, 0.3) is 0 Å². The lowest BCUT2D eigenvalue weighted by atomic mass is 10.0. The van der Waals surface area contributed by atoms with Gasteiger partial charge in [-0.25, -0.2) is 0 Å². The Morgan fingerprint density at radius 2 is 1.94 bits per heavy atom. The molecular weight excluding hydrogens is 266 g/mol. The van der Waals surface area contributed by atoms with Gasteiger partial charge in [0.15, 0.2) is 0 Å². The smallest absolute Gasteiger partial charge is 0.0757 e. The van der Waals surface area contributed by atoms with E-state index in [1.807, 2.05) is 12.1 Å². The molecule has 0 aliphatic carbocycles. The van der Waals surface area contributed by atoms with Crippen molar-refractivity contribution in [1.29, 1.82) is 0 Å². The van der Waals surface area contributed by atoms with Gasteiger partial charge in [0.25, 0.3) is 0 Å². The minimum absolute atomic E-state index is 0.102. The van der Waals surface area contributed by atoms with Crippen molar-refractivity contribution < 1.29 is 0 Å². The molecule has 0 fully saturated rings. The van der Waals surface area contributed by atoms with Gasteiger partial charge in [-0.05, 0) is 24.1 Å². The number of hydrogen-bond donors (Lipinski definition) is 1. The summed E-state index contributed by atoms with van der Waals surface area (Å²) >= 11 is 3.40. The highest BCUT2D eigenvalue weighted by Crippen LogP contribution is 2.16. The molecule has 4 heteroatoms. The fraction of sp³-hybridized carbons (Fsp3) is 0.167. The van der Waals surface area contributed by atoms with E-state index >= 15 is 0 Å². The molecule has 0 aliphatic rings. The quantitative estimate of drug-likeness (QED) is 0.938. The number of halogens is 1. The van der Waals surface area contributed by atoms with Crippen LogP contribution < -0.4 is 5.73 Å². The molecule has 1 aromatic heterocycles. The number of aromatic nitrogens is 2. The number of nitrogens with two attached hydrogens (primary N) is 1. The first kappa shape index (κ1) is 11.2. The normalized spacial score (nSPS) is 12.4. The minimum Gasteiger partial charge on any atom is -0.322 e. The maximum Gasteiger partial charge on any atom is 0.0757 e. The van der Waals surface area contributed by atoms with Gasteiger partial charge >= 0.3 is 0 Å². The zero-order valence-corrected chi connectivity index (χ0v) is 10.3. The van der Waals surface area contributed by atoms with Gasteiger partial charge < -0.3 is 5.73 Å². The van der Waals surface area contributed by atoms with E-state index in [-0.39, 0.29) is 6.04 Å². The molecule has 0 saturated heterocycles. The fourth-order valence-corrected chi connectivity index (χ4v) is 1.75. The van der Waals surface area contributed by atoms with E-state index in [0.717, 1.165) is 16.6 Å². The van der Waals surface area contributed by atoms with E-state index in [1.165, 1.54) is 5.56 Å². The highest BCUT2D eigenvalue weighted by molar-refractivity contribution is 9.10. The zero-order valence-electron chi connectivity index (χ0n) is 8.68. The molecule has 0 spiro atoms. The van der Waals surface area contributed by atoms with Crippen LogP contribution in [0.3, 0.4) is 0 Å². The van der Waals surface area contributed by atoms with Gasteiger partial charge in [0, 0.05) is 23.1 Å². The monoisotopic (exact) mass is 277 g/mol. The van der Waals surface area contributed by atoms with Crippen molar-refractivity contribution in [1.82, 2.24) is 9.97 Å². The Morgan fingerprint density at radius 3 is 2.56 bits per heavy atom. The van der Waals surface area contributed by atoms with Crippen LogP contribution in [0.5, 0.6) is 0 Å². The molecule has 0 bridgehead atoms. The maximum atomic E-state index is 6.05. The lowest BCUT2D eigenvalue weighted by Crippen LogP contribution is -2.14. The first-order valence-corrected chi connectivity index (χ1v) is 5.81. The molecule has 2 rings (SSSR count). The Balaban J connectivity index is 2.08. The molecule has 1 atom stereocenters. The summed E-state index contributed by atoms with van der Waals surface area (Å²) in [6.45, 7) is 0. The lowest BCUT2D eigenvalue weighted by Gasteiger charge is -2.10. The SMILES string of the molecule is NC(Cc1ccc(Br)cc1)c1cnccn1. The van der Waals surface area contributed by atoms with Crippen LogP contribution in [-0.4, -0.2) is 9.97 Å². The van der Waals surface area contributed by atoms with Crippen molar-refractivity contribution >= 4 is 15.9 Å². The molecule has 16 heavy (non-hydrogen) atoms. The zero-order chi connectivity index (χ0) is 11.4. The molecule has 3 nitrogen and oxygen atoms in total.